The molecule has 4 heteroatoms. The Morgan fingerprint density at radius 1 is 1.45 bits per heavy atom. The third kappa shape index (κ3) is 3.73. The van der Waals surface area contributed by atoms with Crippen molar-refractivity contribution in [3.8, 4) is 0 Å². The summed E-state index contributed by atoms with van der Waals surface area (Å²) >= 11 is 0. The van der Waals surface area contributed by atoms with Gasteiger partial charge in [-0.15, -0.1) is 0 Å². The lowest BCUT2D eigenvalue weighted by atomic mass is 9.77. The van der Waals surface area contributed by atoms with Crippen LogP contribution in [0.1, 0.15) is 38.2 Å². The Labute approximate surface area is 120 Å². The second-order valence-corrected chi connectivity index (χ2v) is 6.09. The number of nitrogens with two attached hydrogens (primary N) is 1. The van der Waals surface area contributed by atoms with Crippen molar-refractivity contribution < 1.29 is 9.90 Å². The zero-order valence-electron chi connectivity index (χ0n) is 12.1. The molecule has 0 atom stereocenters. The molecule has 0 aromatic heterocycles. The summed E-state index contributed by atoms with van der Waals surface area (Å²) in [5, 5.41) is 12.7. The lowest BCUT2D eigenvalue weighted by Crippen LogP contribution is -2.53. The van der Waals surface area contributed by atoms with Crippen molar-refractivity contribution in [3.05, 3.63) is 29.8 Å². The Balaban J connectivity index is 1.96. The van der Waals surface area contributed by atoms with E-state index >= 15 is 0 Å². The number of aliphatic hydroxyl groups is 1. The molecule has 0 spiro atoms. The normalized spacial score (nSPS) is 26.2. The van der Waals surface area contributed by atoms with E-state index in [9.17, 15) is 9.90 Å². The van der Waals surface area contributed by atoms with Crippen LogP contribution < -0.4 is 11.1 Å². The average Bonchev–Trinajstić information content (AvgIpc) is 2.41. The molecule has 20 heavy (non-hydrogen) atoms. The summed E-state index contributed by atoms with van der Waals surface area (Å²) in [6.45, 7) is 2.23. The molecule has 1 amide bonds. The van der Waals surface area contributed by atoms with E-state index in [0.717, 1.165) is 31.2 Å². The smallest absolute Gasteiger partial charge is 0.224 e. The topological polar surface area (TPSA) is 75.3 Å². The van der Waals surface area contributed by atoms with Crippen molar-refractivity contribution in [3.63, 3.8) is 0 Å². The molecular weight excluding hydrogens is 252 g/mol. The Morgan fingerprint density at radius 2 is 2.15 bits per heavy atom. The number of anilines is 1. The van der Waals surface area contributed by atoms with Gasteiger partial charge in [-0.25, -0.2) is 0 Å². The fraction of sp³-hybridized carbons (Fsp3) is 0.562. The van der Waals surface area contributed by atoms with Crippen LogP contribution in [0.25, 0.3) is 0 Å². The maximum atomic E-state index is 12.2. The molecule has 0 saturated heterocycles. The van der Waals surface area contributed by atoms with Gasteiger partial charge in [0.2, 0.25) is 5.91 Å². The Morgan fingerprint density at radius 3 is 2.75 bits per heavy atom. The fourth-order valence-electron chi connectivity index (χ4n) is 2.87. The second-order valence-electron chi connectivity index (χ2n) is 6.09. The first-order chi connectivity index (χ1) is 9.53. The minimum absolute atomic E-state index is 0.0163. The monoisotopic (exact) mass is 276 g/mol. The Hall–Kier alpha value is -1.55. The molecule has 0 aliphatic heterocycles. The van der Waals surface area contributed by atoms with E-state index in [-0.39, 0.29) is 12.5 Å². The molecule has 0 bridgehead atoms. The molecule has 0 unspecified atom stereocenters. The highest BCUT2D eigenvalue weighted by Gasteiger charge is 2.34. The minimum atomic E-state index is -0.427. The van der Waals surface area contributed by atoms with Gasteiger partial charge >= 0.3 is 0 Å². The van der Waals surface area contributed by atoms with Gasteiger partial charge in [-0.1, -0.05) is 19.1 Å². The molecule has 4 nitrogen and oxygen atoms in total. The molecule has 2 rings (SSSR count). The van der Waals surface area contributed by atoms with Crippen molar-refractivity contribution in [1.82, 2.24) is 5.32 Å². The molecule has 1 aliphatic carbocycles. The number of hydrogen-bond donors (Lipinski definition) is 3. The van der Waals surface area contributed by atoms with E-state index in [1.165, 1.54) is 0 Å². The summed E-state index contributed by atoms with van der Waals surface area (Å²) in [4.78, 5) is 12.2. The third-order valence-electron chi connectivity index (χ3n) is 4.25. The van der Waals surface area contributed by atoms with Crippen LogP contribution in [0.5, 0.6) is 0 Å². The van der Waals surface area contributed by atoms with Gasteiger partial charge in [0, 0.05) is 5.69 Å². The van der Waals surface area contributed by atoms with Gasteiger partial charge in [-0.05, 0) is 49.3 Å². The van der Waals surface area contributed by atoms with E-state index in [1.54, 1.807) is 6.07 Å². The number of carbonyl (C=O) groups excluding carboxylic acids is 1. The molecule has 1 aromatic rings. The first kappa shape index (κ1) is 14.9. The number of nitrogens with one attached hydrogen (secondary N) is 1. The van der Waals surface area contributed by atoms with Crippen molar-refractivity contribution in [2.24, 2.45) is 5.92 Å². The van der Waals surface area contributed by atoms with Gasteiger partial charge < -0.3 is 16.2 Å². The van der Waals surface area contributed by atoms with Crippen molar-refractivity contribution in [1.29, 1.82) is 0 Å². The van der Waals surface area contributed by atoms with E-state index in [4.69, 9.17) is 5.73 Å². The van der Waals surface area contributed by atoms with Gasteiger partial charge in [0.25, 0.3) is 0 Å². The van der Waals surface area contributed by atoms with Crippen molar-refractivity contribution in [2.75, 3.05) is 12.3 Å². The van der Waals surface area contributed by atoms with Gasteiger partial charge in [0.05, 0.1) is 18.6 Å². The van der Waals surface area contributed by atoms with Crippen molar-refractivity contribution in [2.45, 2.75) is 44.6 Å². The van der Waals surface area contributed by atoms with Crippen LogP contribution in [0.15, 0.2) is 24.3 Å². The maximum Gasteiger partial charge on any atom is 0.224 e. The molecule has 1 aliphatic rings. The third-order valence-corrected chi connectivity index (χ3v) is 4.25. The highest BCUT2D eigenvalue weighted by Crippen LogP contribution is 2.31. The lowest BCUT2D eigenvalue weighted by molar-refractivity contribution is -0.123. The zero-order chi connectivity index (χ0) is 14.6. The quantitative estimate of drug-likeness (QED) is 0.735. The van der Waals surface area contributed by atoms with Crippen LogP contribution in [0, 0.1) is 5.92 Å². The molecule has 110 valence electrons. The lowest BCUT2D eigenvalue weighted by Gasteiger charge is -2.38. The van der Waals surface area contributed by atoms with Gasteiger partial charge in [0.15, 0.2) is 0 Å². The molecular formula is C16H24N2O2. The van der Waals surface area contributed by atoms with Crippen LogP contribution in [0.2, 0.25) is 0 Å². The minimum Gasteiger partial charge on any atom is -0.399 e. The largest absolute Gasteiger partial charge is 0.399 e. The number of aliphatic hydroxyl groups excluding tert-OH is 1. The number of amides is 1. The number of carbonyl (C=O) groups is 1. The summed E-state index contributed by atoms with van der Waals surface area (Å²) in [7, 11) is 0. The number of hydrogen-bond acceptors (Lipinski definition) is 3. The molecule has 4 N–H and O–H groups in total. The first-order valence-electron chi connectivity index (χ1n) is 7.29. The molecule has 0 heterocycles. The highest BCUT2D eigenvalue weighted by atomic mass is 16.3. The molecule has 0 radical (unpaired) electrons. The van der Waals surface area contributed by atoms with Crippen LogP contribution in [0.4, 0.5) is 5.69 Å². The van der Waals surface area contributed by atoms with Crippen LogP contribution in [0.3, 0.4) is 0 Å². The highest BCUT2D eigenvalue weighted by molar-refractivity contribution is 5.79. The van der Waals surface area contributed by atoms with Crippen LogP contribution in [-0.2, 0) is 11.2 Å². The SMILES string of the molecule is CC1CCC(CO)(NC(=O)Cc2cccc(N)c2)CC1. The maximum absolute atomic E-state index is 12.2. The number of rotatable bonds is 4. The first-order valence-corrected chi connectivity index (χ1v) is 7.29. The summed E-state index contributed by atoms with van der Waals surface area (Å²) in [5.41, 5.74) is 6.86. The average molecular weight is 276 g/mol. The standard InChI is InChI=1S/C16H24N2O2/c1-12-5-7-16(11-19,8-6-12)18-15(20)10-13-3-2-4-14(17)9-13/h2-4,9,12,19H,5-8,10-11,17H2,1H3,(H,18,20). The van der Waals surface area contributed by atoms with Crippen LogP contribution in [-0.4, -0.2) is 23.2 Å². The molecule has 1 saturated carbocycles. The Bertz CT molecular complexity index is 465. The van der Waals surface area contributed by atoms with Gasteiger partial charge in [-0.3, -0.25) is 4.79 Å². The van der Waals surface area contributed by atoms with E-state index < -0.39 is 5.54 Å². The van der Waals surface area contributed by atoms with Crippen molar-refractivity contribution >= 4 is 11.6 Å². The summed E-state index contributed by atoms with van der Waals surface area (Å²) in [5.74, 6) is 0.639. The van der Waals surface area contributed by atoms with E-state index in [0.29, 0.717) is 18.0 Å². The number of benzene rings is 1. The van der Waals surface area contributed by atoms with E-state index in [1.807, 2.05) is 18.2 Å². The van der Waals surface area contributed by atoms with Gasteiger partial charge in [-0.2, -0.15) is 0 Å². The van der Waals surface area contributed by atoms with E-state index in [2.05, 4.69) is 12.2 Å². The zero-order valence-corrected chi connectivity index (χ0v) is 12.1. The number of nitrogen functional groups attached to an aromatic ring is 1. The van der Waals surface area contributed by atoms with Crippen LogP contribution >= 0.6 is 0 Å². The second kappa shape index (κ2) is 6.27. The van der Waals surface area contributed by atoms with Gasteiger partial charge in [0.1, 0.15) is 0 Å². The summed E-state index contributed by atoms with van der Waals surface area (Å²) in [6, 6.07) is 7.36. The molecule has 1 aromatic carbocycles. The fourth-order valence-corrected chi connectivity index (χ4v) is 2.87. The molecule has 1 fully saturated rings. The summed E-state index contributed by atoms with van der Waals surface area (Å²) < 4.78 is 0. The summed E-state index contributed by atoms with van der Waals surface area (Å²) in [6.07, 6.45) is 4.13. The Kier molecular flexibility index (Phi) is 4.65. The predicted octanol–water partition coefficient (Wildman–Crippen LogP) is 1.87. The predicted molar refractivity (Wildman–Crippen MR) is 80.1 cm³/mol.